The number of Topliss-reactive ketones (excluding diaryl/α,β-unsaturated/α-hetero) is 1. The average molecular weight is 522 g/mol. The predicted molar refractivity (Wildman–Crippen MR) is 125 cm³/mol. The SMILES string of the molecule is COC(=O)c1ccc(N2C(=O)C(O)=C(C(=O)c3cc4cc(Br)ccc4o3)C2c2ccco2)cc1. The highest BCUT2D eigenvalue weighted by Crippen LogP contribution is 2.42. The van der Waals surface area contributed by atoms with Crippen LogP contribution in [0.5, 0.6) is 0 Å². The first kappa shape index (κ1) is 21.7. The first-order valence-corrected chi connectivity index (χ1v) is 10.9. The van der Waals surface area contributed by atoms with Gasteiger partial charge >= 0.3 is 5.97 Å². The number of esters is 1. The molecule has 9 heteroatoms. The number of benzene rings is 2. The molecule has 0 radical (unpaired) electrons. The van der Waals surface area contributed by atoms with Crippen molar-refractivity contribution in [2.45, 2.75) is 6.04 Å². The molecule has 2 aromatic heterocycles. The Morgan fingerprint density at radius 2 is 1.85 bits per heavy atom. The van der Waals surface area contributed by atoms with E-state index in [-0.39, 0.29) is 22.7 Å². The maximum Gasteiger partial charge on any atom is 0.337 e. The molecule has 0 aliphatic carbocycles. The zero-order valence-electron chi connectivity index (χ0n) is 17.7. The summed E-state index contributed by atoms with van der Waals surface area (Å²) in [6, 6.07) is 15.1. The first-order chi connectivity index (χ1) is 16.4. The zero-order valence-corrected chi connectivity index (χ0v) is 19.2. The molecule has 4 aromatic rings. The molecule has 0 spiro atoms. The van der Waals surface area contributed by atoms with Gasteiger partial charge in [0.1, 0.15) is 17.4 Å². The Hall–Kier alpha value is -4.11. The lowest BCUT2D eigenvalue weighted by Crippen LogP contribution is -2.30. The van der Waals surface area contributed by atoms with E-state index in [1.165, 1.54) is 42.5 Å². The van der Waals surface area contributed by atoms with Crippen LogP contribution >= 0.6 is 15.9 Å². The number of methoxy groups -OCH3 is 1. The van der Waals surface area contributed by atoms with Gasteiger partial charge in [-0.3, -0.25) is 14.5 Å². The Morgan fingerprint density at radius 1 is 1.09 bits per heavy atom. The van der Waals surface area contributed by atoms with Crippen LogP contribution in [0.1, 0.15) is 32.7 Å². The fourth-order valence-corrected chi connectivity index (χ4v) is 4.33. The third-order valence-corrected chi connectivity index (χ3v) is 6.03. The summed E-state index contributed by atoms with van der Waals surface area (Å²) >= 11 is 3.38. The van der Waals surface area contributed by atoms with Gasteiger partial charge in [-0.2, -0.15) is 0 Å². The van der Waals surface area contributed by atoms with E-state index < -0.39 is 29.5 Å². The zero-order chi connectivity index (χ0) is 24.0. The molecule has 0 fully saturated rings. The normalized spacial score (nSPS) is 15.9. The Kier molecular flexibility index (Phi) is 5.33. The van der Waals surface area contributed by atoms with Gasteiger partial charge in [-0.05, 0) is 60.7 Å². The fourth-order valence-electron chi connectivity index (χ4n) is 3.95. The summed E-state index contributed by atoms with van der Waals surface area (Å²) in [5.41, 5.74) is 0.951. The number of furan rings is 2. The van der Waals surface area contributed by atoms with Gasteiger partial charge in [-0.1, -0.05) is 15.9 Å². The molecule has 2 aromatic carbocycles. The molecule has 170 valence electrons. The molecular weight excluding hydrogens is 506 g/mol. The molecule has 1 amide bonds. The number of rotatable bonds is 5. The van der Waals surface area contributed by atoms with Crippen molar-refractivity contribution in [3.05, 3.63) is 99.8 Å². The number of carbonyl (C=O) groups is 3. The molecule has 1 aliphatic rings. The molecule has 1 N–H and O–H groups in total. The minimum atomic E-state index is -1.04. The highest BCUT2D eigenvalue weighted by Gasteiger charge is 2.46. The van der Waals surface area contributed by atoms with Gasteiger partial charge in [0.25, 0.3) is 5.91 Å². The van der Waals surface area contributed by atoms with Gasteiger partial charge in [-0.25, -0.2) is 4.79 Å². The molecule has 34 heavy (non-hydrogen) atoms. The summed E-state index contributed by atoms with van der Waals surface area (Å²) in [6.07, 6.45) is 1.41. The maximum absolute atomic E-state index is 13.5. The van der Waals surface area contributed by atoms with Crippen molar-refractivity contribution in [3.8, 4) is 0 Å². The Bertz CT molecular complexity index is 1460. The molecular formula is C25H16BrNO7. The number of fused-ring (bicyclic) bond motifs is 1. The Labute approximate surface area is 201 Å². The molecule has 1 aliphatic heterocycles. The second-order valence-corrected chi connectivity index (χ2v) is 8.43. The van der Waals surface area contributed by atoms with E-state index in [9.17, 15) is 19.5 Å². The molecule has 0 saturated carbocycles. The minimum absolute atomic E-state index is 0.0260. The topological polar surface area (TPSA) is 110 Å². The Morgan fingerprint density at radius 3 is 2.53 bits per heavy atom. The number of nitrogens with zero attached hydrogens (tertiary/aromatic N) is 1. The summed E-state index contributed by atoms with van der Waals surface area (Å²) in [5.74, 6) is -2.42. The van der Waals surface area contributed by atoms with E-state index >= 15 is 0 Å². The maximum atomic E-state index is 13.5. The highest BCUT2D eigenvalue weighted by atomic mass is 79.9. The van der Waals surface area contributed by atoms with Crippen molar-refractivity contribution < 1.29 is 33.1 Å². The lowest BCUT2D eigenvalue weighted by molar-refractivity contribution is -0.117. The van der Waals surface area contributed by atoms with Gasteiger partial charge in [-0.15, -0.1) is 0 Å². The van der Waals surface area contributed by atoms with Crippen molar-refractivity contribution in [1.29, 1.82) is 0 Å². The molecule has 0 bridgehead atoms. The van der Waals surface area contributed by atoms with Crippen LogP contribution in [-0.4, -0.2) is 29.9 Å². The third kappa shape index (κ3) is 3.50. The van der Waals surface area contributed by atoms with E-state index in [0.29, 0.717) is 16.7 Å². The van der Waals surface area contributed by atoms with Crippen molar-refractivity contribution in [2.24, 2.45) is 0 Å². The van der Waals surface area contributed by atoms with Gasteiger partial charge in [0.05, 0.1) is 24.5 Å². The van der Waals surface area contributed by atoms with Crippen LogP contribution in [0.2, 0.25) is 0 Å². The number of aliphatic hydroxyl groups excluding tert-OH is 1. The van der Waals surface area contributed by atoms with Crippen molar-refractivity contribution >= 4 is 50.2 Å². The van der Waals surface area contributed by atoms with Crippen molar-refractivity contribution in [3.63, 3.8) is 0 Å². The van der Waals surface area contributed by atoms with Crippen LogP contribution in [0.4, 0.5) is 5.69 Å². The second kappa shape index (κ2) is 8.35. The highest BCUT2D eigenvalue weighted by molar-refractivity contribution is 9.10. The minimum Gasteiger partial charge on any atom is -0.503 e. The van der Waals surface area contributed by atoms with E-state index in [1.807, 2.05) is 0 Å². The van der Waals surface area contributed by atoms with Crippen LogP contribution in [0.3, 0.4) is 0 Å². The van der Waals surface area contributed by atoms with E-state index in [0.717, 1.165) is 4.47 Å². The monoisotopic (exact) mass is 521 g/mol. The number of halogens is 1. The molecule has 5 rings (SSSR count). The predicted octanol–water partition coefficient (Wildman–Crippen LogP) is 5.36. The lowest BCUT2D eigenvalue weighted by Gasteiger charge is -2.24. The van der Waals surface area contributed by atoms with E-state index in [2.05, 4.69) is 15.9 Å². The van der Waals surface area contributed by atoms with Crippen LogP contribution in [0.25, 0.3) is 11.0 Å². The number of carbonyl (C=O) groups excluding carboxylic acids is 3. The number of ether oxygens (including phenoxy) is 1. The number of anilines is 1. The average Bonchev–Trinajstić information content (AvgIpc) is 3.57. The fraction of sp³-hybridized carbons (Fsp3) is 0.0800. The summed E-state index contributed by atoms with van der Waals surface area (Å²) < 4.78 is 16.8. The van der Waals surface area contributed by atoms with Gasteiger partial charge in [0.15, 0.2) is 11.5 Å². The van der Waals surface area contributed by atoms with Crippen molar-refractivity contribution in [2.75, 3.05) is 12.0 Å². The molecule has 0 saturated heterocycles. The molecule has 1 atom stereocenters. The Balaban J connectivity index is 1.59. The number of hydrogen-bond donors (Lipinski definition) is 1. The molecule has 1 unspecified atom stereocenters. The summed E-state index contributed by atoms with van der Waals surface area (Å²) in [7, 11) is 1.27. The van der Waals surface area contributed by atoms with Crippen LogP contribution in [0, 0.1) is 0 Å². The van der Waals surface area contributed by atoms with Gasteiger partial charge in [0.2, 0.25) is 5.78 Å². The summed E-state index contributed by atoms with van der Waals surface area (Å²) in [4.78, 5) is 39.7. The molecule has 8 nitrogen and oxygen atoms in total. The smallest absolute Gasteiger partial charge is 0.337 e. The third-order valence-electron chi connectivity index (χ3n) is 5.53. The summed E-state index contributed by atoms with van der Waals surface area (Å²) in [6.45, 7) is 0. The van der Waals surface area contributed by atoms with Crippen LogP contribution in [0.15, 0.2) is 91.6 Å². The quantitative estimate of drug-likeness (QED) is 0.278. The number of amides is 1. The number of ketones is 1. The van der Waals surface area contributed by atoms with E-state index in [4.69, 9.17) is 13.6 Å². The molecule has 3 heterocycles. The number of aliphatic hydroxyl groups is 1. The largest absolute Gasteiger partial charge is 0.503 e. The van der Waals surface area contributed by atoms with Gasteiger partial charge < -0.3 is 18.7 Å². The summed E-state index contributed by atoms with van der Waals surface area (Å²) in [5, 5.41) is 11.5. The van der Waals surface area contributed by atoms with Crippen LogP contribution < -0.4 is 4.90 Å². The number of hydrogen-bond acceptors (Lipinski definition) is 7. The standard InChI is InChI=1S/C25H16BrNO7/c1-32-25(31)13-4-7-16(8-5-13)27-21(18-3-2-10-33-18)20(23(29)24(27)30)22(28)19-12-14-11-15(26)6-9-17(14)34-19/h2-12,21,29H,1H3. The lowest BCUT2D eigenvalue weighted by atomic mass is 9.99. The van der Waals surface area contributed by atoms with Crippen molar-refractivity contribution in [1.82, 2.24) is 0 Å². The first-order valence-electron chi connectivity index (χ1n) is 10.1. The van der Waals surface area contributed by atoms with Crippen LogP contribution in [-0.2, 0) is 9.53 Å². The second-order valence-electron chi connectivity index (χ2n) is 7.52. The van der Waals surface area contributed by atoms with Gasteiger partial charge in [0, 0.05) is 15.5 Å². The van der Waals surface area contributed by atoms with E-state index in [1.54, 1.807) is 36.4 Å².